The Bertz CT molecular complexity index is 405. The summed E-state index contributed by atoms with van der Waals surface area (Å²) in [6, 6.07) is 7.59. The number of hydrogen-bond acceptors (Lipinski definition) is 2. The van der Waals surface area contributed by atoms with E-state index in [0.717, 1.165) is 23.1 Å². The Morgan fingerprint density at radius 1 is 1.39 bits per heavy atom. The van der Waals surface area contributed by atoms with Crippen LogP contribution in [0.1, 0.15) is 25.8 Å². The largest absolute Gasteiger partial charge is 0.496 e. The van der Waals surface area contributed by atoms with Crippen LogP contribution in [0.4, 0.5) is 0 Å². The third-order valence-corrected chi connectivity index (χ3v) is 3.14. The van der Waals surface area contributed by atoms with Crippen LogP contribution in [-0.2, 0) is 11.2 Å². The summed E-state index contributed by atoms with van der Waals surface area (Å²) in [6.07, 6.45) is 1.24. The van der Waals surface area contributed by atoms with Crippen LogP contribution >= 0.6 is 15.9 Å². The lowest BCUT2D eigenvalue weighted by Gasteiger charge is -2.25. The highest BCUT2D eigenvalue weighted by molar-refractivity contribution is 9.09. The van der Waals surface area contributed by atoms with Gasteiger partial charge in [0.25, 0.3) is 0 Å². The van der Waals surface area contributed by atoms with E-state index >= 15 is 0 Å². The minimum absolute atomic E-state index is 0.0189. The number of halogens is 1. The summed E-state index contributed by atoms with van der Waals surface area (Å²) in [4.78, 5) is 12.0. The molecule has 0 atom stereocenters. The number of hydrogen-bond donors (Lipinski definition) is 1. The molecule has 0 spiro atoms. The van der Waals surface area contributed by atoms with Crippen LogP contribution < -0.4 is 10.1 Å². The Kier molecular flexibility index (Phi) is 5.66. The maximum atomic E-state index is 12.0. The van der Waals surface area contributed by atoms with E-state index in [-0.39, 0.29) is 11.4 Å². The maximum Gasteiger partial charge on any atom is 0.224 e. The lowest BCUT2D eigenvalue weighted by molar-refractivity contribution is -0.122. The molecule has 4 heteroatoms. The molecule has 0 fully saturated rings. The normalized spacial score (nSPS) is 11.1. The quantitative estimate of drug-likeness (QED) is 0.820. The Hall–Kier alpha value is -1.03. The van der Waals surface area contributed by atoms with Gasteiger partial charge in [0.1, 0.15) is 5.75 Å². The van der Waals surface area contributed by atoms with Crippen molar-refractivity contribution in [3.05, 3.63) is 29.8 Å². The number of para-hydroxylation sites is 1. The van der Waals surface area contributed by atoms with Crippen LogP contribution in [0.25, 0.3) is 0 Å². The fourth-order valence-electron chi connectivity index (χ4n) is 1.74. The predicted molar refractivity (Wildman–Crippen MR) is 77.3 cm³/mol. The van der Waals surface area contributed by atoms with Gasteiger partial charge in [-0.1, -0.05) is 34.1 Å². The van der Waals surface area contributed by atoms with Gasteiger partial charge in [-0.3, -0.25) is 4.79 Å². The number of ether oxygens (including phenoxy) is 1. The van der Waals surface area contributed by atoms with Crippen LogP contribution in [0.15, 0.2) is 24.3 Å². The molecule has 18 heavy (non-hydrogen) atoms. The van der Waals surface area contributed by atoms with E-state index in [1.165, 1.54) is 0 Å². The maximum absolute atomic E-state index is 12.0. The van der Waals surface area contributed by atoms with E-state index in [4.69, 9.17) is 4.74 Å². The summed E-state index contributed by atoms with van der Waals surface area (Å²) in [7, 11) is 1.62. The van der Waals surface area contributed by atoms with E-state index in [2.05, 4.69) is 21.2 Å². The molecule has 0 aliphatic rings. The predicted octanol–water partition coefficient (Wildman–Crippen LogP) is 2.92. The minimum Gasteiger partial charge on any atom is -0.496 e. The van der Waals surface area contributed by atoms with Gasteiger partial charge in [0.05, 0.1) is 13.5 Å². The van der Waals surface area contributed by atoms with E-state index in [0.29, 0.717) is 6.42 Å². The smallest absolute Gasteiger partial charge is 0.224 e. The Labute approximate surface area is 117 Å². The number of alkyl halides is 1. The van der Waals surface area contributed by atoms with E-state index < -0.39 is 0 Å². The molecule has 1 amide bonds. The van der Waals surface area contributed by atoms with Gasteiger partial charge in [0.2, 0.25) is 5.91 Å². The molecule has 0 aromatic heterocycles. The minimum atomic E-state index is -0.192. The molecule has 1 aromatic rings. The van der Waals surface area contributed by atoms with Crippen molar-refractivity contribution in [3.63, 3.8) is 0 Å². The van der Waals surface area contributed by atoms with Gasteiger partial charge in [-0.25, -0.2) is 0 Å². The zero-order valence-electron chi connectivity index (χ0n) is 11.1. The molecular formula is C14H20BrNO2. The fourth-order valence-corrected chi connectivity index (χ4v) is 2.73. The van der Waals surface area contributed by atoms with Crippen LogP contribution in [0.3, 0.4) is 0 Å². The van der Waals surface area contributed by atoms with Crippen molar-refractivity contribution < 1.29 is 9.53 Å². The van der Waals surface area contributed by atoms with Gasteiger partial charge in [-0.2, -0.15) is 0 Å². The highest BCUT2D eigenvalue weighted by Crippen LogP contribution is 2.18. The SMILES string of the molecule is COc1ccccc1CC(=O)NC(C)(C)CCBr. The highest BCUT2D eigenvalue weighted by Gasteiger charge is 2.20. The van der Waals surface area contributed by atoms with Crippen LogP contribution in [0.2, 0.25) is 0 Å². The zero-order chi connectivity index (χ0) is 13.6. The molecule has 0 aliphatic carbocycles. The summed E-state index contributed by atoms with van der Waals surface area (Å²) >= 11 is 3.39. The van der Waals surface area contributed by atoms with E-state index in [1.54, 1.807) is 7.11 Å². The van der Waals surface area contributed by atoms with E-state index in [1.807, 2.05) is 38.1 Å². The molecule has 3 nitrogen and oxygen atoms in total. The van der Waals surface area contributed by atoms with E-state index in [9.17, 15) is 4.79 Å². The number of carbonyl (C=O) groups excluding carboxylic acids is 1. The fraction of sp³-hybridized carbons (Fsp3) is 0.500. The molecule has 1 rings (SSSR count). The monoisotopic (exact) mass is 313 g/mol. The summed E-state index contributed by atoms with van der Waals surface area (Å²) in [5.41, 5.74) is 0.718. The lowest BCUT2D eigenvalue weighted by atomic mass is 10.0. The second kappa shape index (κ2) is 6.78. The zero-order valence-corrected chi connectivity index (χ0v) is 12.7. The highest BCUT2D eigenvalue weighted by atomic mass is 79.9. The van der Waals surface area contributed by atoms with Gasteiger partial charge < -0.3 is 10.1 Å². The average Bonchev–Trinajstić information content (AvgIpc) is 2.28. The molecule has 0 unspecified atom stereocenters. The third kappa shape index (κ3) is 4.69. The molecule has 1 aromatic carbocycles. The average molecular weight is 314 g/mol. The molecular weight excluding hydrogens is 294 g/mol. The van der Waals surface area contributed by atoms with Crippen molar-refractivity contribution in [1.82, 2.24) is 5.32 Å². The first-order valence-electron chi connectivity index (χ1n) is 5.97. The van der Waals surface area contributed by atoms with Crippen molar-refractivity contribution in [1.29, 1.82) is 0 Å². The molecule has 100 valence electrons. The number of amides is 1. The van der Waals surface area contributed by atoms with Crippen molar-refractivity contribution in [2.75, 3.05) is 12.4 Å². The van der Waals surface area contributed by atoms with Crippen molar-refractivity contribution >= 4 is 21.8 Å². The summed E-state index contributed by atoms with van der Waals surface area (Å²) in [5, 5.41) is 3.90. The molecule has 1 N–H and O–H groups in total. The summed E-state index contributed by atoms with van der Waals surface area (Å²) in [6.45, 7) is 4.04. The van der Waals surface area contributed by atoms with Crippen molar-refractivity contribution in [3.8, 4) is 5.75 Å². The molecule has 0 heterocycles. The number of nitrogens with one attached hydrogen (secondary N) is 1. The van der Waals surface area contributed by atoms with Crippen LogP contribution in [0, 0.1) is 0 Å². The Balaban J connectivity index is 2.65. The summed E-state index contributed by atoms with van der Waals surface area (Å²) in [5.74, 6) is 0.774. The first-order valence-corrected chi connectivity index (χ1v) is 7.09. The van der Waals surface area contributed by atoms with Crippen molar-refractivity contribution in [2.45, 2.75) is 32.2 Å². The molecule has 0 bridgehead atoms. The number of rotatable bonds is 6. The molecule has 0 aliphatic heterocycles. The number of benzene rings is 1. The summed E-state index contributed by atoms with van der Waals surface area (Å²) < 4.78 is 5.24. The topological polar surface area (TPSA) is 38.3 Å². The third-order valence-electron chi connectivity index (χ3n) is 2.74. The first-order chi connectivity index (χ1) is 8.48. The van der Waals surface area contributed by atoms with Gasteiger partial charge in [0, 0.05) is 16.4 Å². The van der Waals surface area contributed by atoms with Gasteiger partial charge in [-0.15, -0.1) is 0 Å². The molecule has 0 radical (unpaired) electrons. The standard InChI is InChI=1S/C14H20BrNO2/c1-14(2,8-9-15)16-13(17)10-11-6-4-5-7-12(11)18-3/h4-7H,8-10H2,1-3H3,(H,16,17). The molecule has 0 saturated carbocycles. The Morgan fingerprint density at radius 3 is 2.67 bits per heavy atom. The second-order valence-electron chi connectivity index (χ2n) is 4.86. The van der Waals surface area contributed by atoms with Crippen LogP contribution in [-0.4, -0.2) is 23.9 Å². The molecule has 0 saturated heterocycles. The lowest BCUT2D eigenvalue weighted by Crippen LogP contribution is -2.44. The number of methoxy groups -OCH3 is 1. The first kappa shape index (κ1) is 15.0. The second-order valence-corrected chi connectivity index (χ2v) is 5.65. The van der Waals surface area contributed by atoms with Crippen LogP contribution in [0.5, 0.6) is 5.75 Å². The van der Waals surface area contributed by atoms with Gasteiger partial charge in [-0.05, 0) is 26.3 Å². The van der Waals surface area contributed by atoms with Gasteiger partial charge in [0.15, 0.2) is 0 Å². The van der Waals surface area contributed by atoms with Gasteiger partial charge >= 0.3 is 0 Å². The van der Waals surface area contributed by atoms with Crippen molar-refractivity contribution in [2.24, 2.45) is 0 Å². The number of carbonyl (C=O) groups is 1. The Morgan fingerprint density at radius 2 is 2.06 bits per heavy atom.